The maximum absolute atomic E-state index is 12.7. The Bertz CT molecular complexity index is 836. The Morgan fingerprint density at radius 3 is 2.54 bits per heavy atom. The molecular formula is C23H28N2O. The molecule has 3 heteroatoms. The van der Waals surface area contributed by atoms with Crippen LogP contribution in [-0.2, 0) is 0 Å². The predicted molar refractivity (Wildman–Crippen MR) is 107 cm³/mol. The zero-order valence-corrected chi connectivity index (χ0v) is 15.9. The molecule has 2 aromatic carbocycles. The van der Waals surface area contributed by atoms with Crippen LogP contribution in [0.2, 0.25) is 0 Å². The fourth-order valence-corrected chi connectivity index (χ4v) is 3.33. The van der Waals surface area contributed by atoms with Crippen LogP contribution >= 0.6 is 0 Å². The Kier molecular flexibility index (Phi) is 5.98. The van der Waals surface area contributed by atoms with E-state index in [0.29, 0.717) is 11.0 Å². The zero-order chi connectivity index (χ0) is 18.4. The summed E-state index contributed by atoms with van der Waals surface area (Å²) in [4.78, 5) is 2.42. The fraction of sp³-hybridized carbons (Fsp3) is 0.391. The molecule has 2 aromatic rings. The summed E-state index contributed by atoms with van der Waals surface area (Å²) in [5.74, 6) is 6.59. The molecule has 136 valence electrons. The molecule has 0 bridgehead atoms. The second kappa shape index (κ2) is 8.40. The van der Waals surface area contributed by atoms with Crippen molar-refractivity contribution in [2.24, 2.45) is 0 Å². The van der Waals surface area contributed by atoms with Crippen molar-refractivity contribution >= 4 is 16.5 Å². The van der Waals surface area contributed by atoms with Crippen LogP contribution in [0.5, 0.6) is 0 Å². The number of quaternary nitrogens is 1. The number of fused-ring (bicyclic) bond motifs is 1. The number of hydrogen-bond donors (Lipinski definition) is 0. The van der Waals surface area contributed by atoms with Crippen molar-refractivity contribution < 1.29 is 9.59 Å². The van der Waals surface area contributed by atoms with Crippen molar-refractivity contribution in [1.82, 2.24) is 4.90 Å². The van der Waals surface area contributed by atoms with Crippen molar-refractivity contribution in [3.63, 3.8) is 0 Å². The monoisotopic (exact) mass is 348 g/mol. The van der Waals surface area contributed by atoms with Crippen molar-refractivity contribution in [3.8, 4) is 11.8 Å². The highest BCUT2D eigenvalue weighted by Gasteiger charge is 2.11. The first kappa shape index (κ1) is 18.5. The van der Waals surface area contributed by atoms with Gasteiger partial charge in [-0.05, 0) is 60.0 Å². The first-order chi connectivity index (χ1) is 12.5. The van der Waals surface area contributed by atoms with Gasteiger partial charge < -0.3 is 5.11 Å². The second-order valence-corrected chi connectivity index (χ2v) is 7.68. The molecular weight excluding hydrogens is 320 g/mol. The number of piperidine rings is 1. The Labute approximate surface area is 157 Å². The third-order valence-corrected chi connectivity index (χ3v) is 4.86. The second-order valence-electron chi connectivity index (χ2n) is 7.68. The summed E-state index contributed by atoms with van der Waals surface area (Å²) in [7, 11) is 4.04. The Morgan fingerprint density at radius 2 is 1.77 bits per heavy atom. The van der Waals surface area contributed by atoms with Gasteiger partial charge in [-0.2, -0.15) is 0 Å². The van der Waals surface area contributed by atoms with Crippen LogP contribution in [0.15, 0.2) is 48.7 Å². The summed E-state index contributed by atoms with van der Waals surface area (Å²) >= 11 is 0. The Morgan fingerprint density at radius 1 is 1.04 bits per heavy atom. The lowest BCUT2D eigenvalue weighted by atomic mass is 10.1. The van der Waals surface area contributed by atoms with Crippen LogP contribution in [0, 0.1) is 11.8 Å². The van der Waals surface area contributed by atoms with Gasteiger partial charge in [0.15, 0.2) is 0 Å². The van der Waals surface area contributed by atoms with E-state index < -0.39 is 0 Å². The van der Waals surface area contributed by atoms with Crippen LogP contribution in [0.25, 0.3) is 16.5 Å². The van der Waals surface area contributed by atoms with Crippen LogP contribution < -0.4 is 5.11 Å². The van der Waals surface area contributed by atoms with Gasteiger partial charge in [-0.3, -0.25) is 9.38 Å². The molecule has 1 fully saturated rings. The smallest absolute Gasteiger partial charge is 0.144 e. The lowest BCUT2D eigenvalue weighted by Gasteiger charge is -2.26. The largest absolute Gasteiger partial charge is 0.868 e. The van der Waals surface area contributed by atoms with Gasteiger partial charge in [0.25, 0.3) is 0 Å². The minimum Gasteiger partial charge on any atom is -0.868 e. The van der Waals surface area contributed by atoms with Crippen molar-refractivity contribution in [3.05, 3.63) is 54.2 Å². The van der Waals surface area contributed by atoms with Gasteiger partial charge in [-0.25, -0.2) is 0 Å². The van der Waals surface area contributed by atoms with E-state index in [0.717, 1.165) is 22.9 Å². The molecule has 0 saturated carbocycles. The summed E-state index contributed by atoms with van der Waals surface area (Å²) in [6.45, 7) is 3.82. The molecule has 0 unspecified atom stereocenters. The number of nitrogens with zero attached hydrogens (tertiary/aromatic N) is 2. The standard InChI is InChI=1S/C23H28N2O/c1-25(2,17-9-8-16-24-14-6-3-7-15-24)19-23(26)22-13-12-20-10-4-5-11-21(20)18-22/h4-5,10-13,18-19H,3,6-7,14-17H2,1-2H3/b23-19-. The summed E-state index contributed by atoms with van der Waals surface area (Å²) < 4.78 is 0.471. The maximum atomic E-state index is 12.7. The maximum Gasteiger partial charge on any atom is 0.144 e. The summed E-state index contributed by atoms with van der Waals surface area (Å²) in [5, 5.41) is 14.9. The molecule has 0 spiro atoms. The van der Waals surface area contributed by atoms with Gasteiger partial charge in [0.05, 0.1) is 26.8 Å². The number of benzene rings is 2. The highest BCUT2D eigenvalue weighted by Crippen LogP contribution is 2.19. The Balaban J connectivity index is 1.64. The molecule has 1 aliphatic rings. The average Bonchev–Trinajstić information content (AvgIpc) is 2.65. The van der Waals surface area contributed by atoms with E-state index >= 15 is 0 Å². The van der Waals surface area contributed by atoms with Gasteiger partial charge in [0.2, 0.25) is 0 Å². The summed E-state index contributed by atoms with van der Waals surface area (Å²) in [6.07, 6.45) is 5.69. The molecule has 0 atom stereocenters. The average molecular weight is 348 g/mol. The molecule has 0 N–H and O–H groups in total. The number of likely N-dealkylation sites (tertiary alicyclic amines) is 1. The predicted octanol–water partition coefficient (Wildman–Crippen LogP) is 3.06. The number of hydrogen-bond acceptors (Lipinski definition) is 2. The van der Waals surface area contributed by atoms with Crippen LogP contribution in [0.1, 0.15) is 24.8 Å². The SMILES string of the molecule is C[N+](C)(/C=C(\[O-])c1ccc2ccccc2c1)CC#CCN1CCCCC1. The van der Waals surface area contributed by atoms with E-state index in [1.165, 1.54) is 32.4 Å². The first-order valence-electron chi connectivity index (χ1n) is 9.43. The fourth-order valence-electron chi connectivity index (χ4n) is 3.33. The Hall–Kier alpha value is -2.28. The molecule has 1 heterocycles. The first-order valence-corrected chi connectivity index (χ1v) is 9.43. The minimum absolute atomic E-state index is 0.0542. The van der Waals surface area contributed by atoms with Gasteiger partial charge in [0, 0.05) is 0 Å². The normalized spacial score (nSPS) is 16.3. The molecule has 1 saturated heterocycles. The third kappa shape index (κ3) is 5.11. The van der Waals surface area contributed by atoms with Crippen molar-refractivity contribution in [2.45, 2.75) is 19.3 Å². The molecule has 0 aliphatic carbocycles. The van der Waals surface area contributed by atoms with E-state index in [9.17, 15) is 5.11 Å². The van der Waals surface area contributed by atoms with Crippen molar-refractivity contribution in [2.75, 3.05) is 40.3 Å². The van der Waals surface area contributed by atoms with Crippen LogP contribution in [0.4, 0.5) is 0 Å². The summed E-state index contributed by atoms with van der Waals surface area (Å²) in [5.41, 5.74) is 0.733. The molecule has 0 aromatic heterocycles. The summed E-state index contributed by atoms with van der Waals surface area (Å²) in [6, 6.07) is 14.0. The molecule has 3 nitrogen and oxygen atoms in total. The van der Waals surface area contributed by atoms with E-state index in [4.69, 9.17) is 0 Å². The van der Waals surface area contributed by atoms with Gasteiger partial charge in [-0.15, -0.1) is 0 Å². The number of rotatable bonds is 4. The third-order valence-electron chi connectivity index (χ3n) is 4.86. The molecule has 26 heavy (non-hydrogen) atoms. The van der Waals surface area contributed by atoms with Crippen LogP contribution in [-0.4, -0.2) is 49.7 Å². The highest BCUT2D eigenvalue weighted by atomic mass is 16.3. The van der Waals surface area contributed by atoms with Gasteiger partial charge in [-0.1, -0.05) is 48.7 Å². The zero-order valence-electron chi connectivity index (χ0n) is 15.9. The molecule has 0 amide bonds. The van der Waals surface area contributed by atoms with E-state index in [2.05, 4.69) is 22.8 Å². The van der Waals surface area contributed by atoms with Gasteiger partial charge >= 0.3 is 0 Å². The van der Waals surface area contributed by atoms with Crippen LogP contribution in [0.3, 0.4) is 0 Å². The van der Waals surface area contributed by atoms with Crippen molar-refractivity contribution in [1.29, 1.82) is 0 Å². The quantitative estimate of drug-likeness (QED) is 0.482. The molecule has 1 aliphatic heterocycles. The van der Waals surface area contributed by atoms with E-state index in [1.54, 1.807) is 6.20 Å². The lowest BCUT2D eigenvalue weighted by Crippen LogP contribution is -2.35. The van der Waals surface area contributed by atoms with Gasteiger partial charge in [0.1, 0.15) is 6.54 Å². The van der Waals surface area contributed by atoms with E-state index in [1.807, 2.05) is 50.5 Å². The molecule has 0 radical (unpaired) electrons. The minimum atomic E-state index is 0.0542. The highest BCUT2D eigenvalue weighted by molar-refractivity contribution is 5.85. The molecule has 3 rings (SSSR count). The topological polar surface area (TPSA) is 26.3 Å². The van der Waals surface area contributed by atoms with E-state index in [-0.39, 0.29) is 5.76 Å². The lowest BCUT2D eigenvalue weighted by molar-refractivity contribution is -0.831.